The van der Waals surface area contributed by atoms with Gasteiger partial charge in [0.2, 0.25) is 5.91 Å². The second-order valence-electron chi connectivity index (χ2n) is 3.13. The maximum Gasteiger partial charge on any atom is 0.234 e. The number of hydrogen-bond acceptors (Lipinski definition) is 3. The molecular weight excluding hydrogens is 266 g/mol. The molecule has 0 aliphatic rings. The lowest BCUT2D eigenvalue weighted by molar-refractivity contribution is -0.121. The number of nitrogens with one attached hydrogen (secondary N) is 1. The SMILES string of the molecule is CCC(Br)C(=O)NC(C)C(CO)SC. The first-order chi connectivity index (χ1) is 6.56. The van der Waals surface area contributed by atoms with Gasteiger partial charge in [0, 0.05) is 11.3 Å². The molecule has 0 saturated heterocycles. The van der Waals surface area contributed by atoms with Crippen LogP contribution in [0.25, 0.3) is 0 Å². The second kappa shape index (κ2) is 7.54. The maximum atomic E-state index is 11.5. The molecule has 0 radical (unpaired) electrons. The summed E-state index contributed by atoms with van der Waals surface area (Å²) in [4.78, 5) is 11.3. The Labute approximate surface area is 98.2 Å². The fraction of sp³-hybridized carbons (Fsp3) is 0.889. The minimum Gasteiger partial charge on any atom is -0.395 e. The third kappa shape index (κ3) is 4.66. The molecule has 0 spiro atoms. The number of carbonyl (C=O) groups is 1. The van der Waals surface area contributed by atoms with Crippen LogP contribution in [0, 0.1) is 0 Å². The molecule has 0 aromatic rings. The van der Waals surface area contributed by atoms with Crippen LogP contribution in [0.3, 0.4) is 0 Å². The van der Waals surface area contributed by atoms with Crippen LogP contribution < -0.4 is 5.32 Å². The predicted octanol–water partition coefficient (Wildman–Crippen LogP) is 1.39. The van der Waals surface area contributed by atoms with Crippen molar-refractivity contribution in [2.24, 2.45) is 0 Å². The molecular formula is C9H18BrNO2S. The molecule has 84 valence electrons. The Morgan fingerprint density at radius 2 is 2.21 bits per heavy atom. The van der Waals surface area contributed by atoms with Crippen LogP contribution in [0.1, 0.15) is 20.3 Å². The Kier molecular flexibility index (Phi) is 7.68. The van der Waals surface area contributed by atoms with Gasteiger partial charge in [-0.1, -0.05) is 22.9 Å². The van der Waals surface area contributed by atoms with E-state index in [1.54, 1.807) is 11.8 Å². The topological polar surface area (TPSA) is 49.3 Å². The van der Waals surface area contributed by atoms with Gasteiger partial charge < -0.3 is 10.4 Å². The van der Waals surface area contributed by atoms with Crippen LogP contribution in [0.15, 0.2) is 0 Å². The average molecular weight is 284 g/mol. The van der Waals surface area contributed by atoms with E-state index < -0.39 is 0 Å². The Balaban J connectivity index is 4.03. The standard InChI is InChI=1S/C9H18BrNO2S/c1-4-7(10)9(13)11-6(2)8(5-12)14-3/h6-8,12H,4-5H2,1-3H3,(H,11,13). The molecule has 0 saturated carbocycles. The molecule has 3 atom stereocenters. The predicted molar refractivity (Wildman–Crippen MR) is 65.0 cm³/mol. The van der Waals surface area contributed by atoms with Crippen molar-refractivity contribution in [3.05, 3.63) is 0 Å². The van der Waals surface area contributed by atoms with Gasteiger partial charge in [-0.15, -0.1) is 0 Å². The summed E-state index contributed by atoms with van der Waals surface area (Å²) >= 11 is 4.84. The lowest BCUT2D eigenvalue weighted by atomic mass is 10.2. The highest BCUT2D eigenvalue weighted by atomic mass is 79.9. The van der Waals surface area contributed by atoms with Crippen LogP contribution in [0.5, 0.6) is 0 Å². The Morgan fingerprint density at radius 1 is 1.64 bits per heavy atom. The number of thioether (sulfide) groups is 1. The summed E-state index contributed by atoms with van der Waals surface area (Å²) in [5.74, 6) is -0.00694. The van der Waals surface area contributed by atoms with E-state index in [0.29, 0.717) is 0 Å². The summed E-state index contributed by atoms with van der Waals surface area (Å²) in [6.07, 6.45) is 2.69. The molecule has 3 nitrogen and oxygen atoms in total. The van der Waals surface area contributed by atoms with E-state index in [1.807, 2.05) is 20.1 Å². The van der Waals surface area contributed by atoms with Crippen LogP contribution >= 0.6 is 27.7 Å². The fourth-order valence-corrected chi connectivity index (χ4v) is 1.79. The van der Waals surface area contributed by atoms with E-state index >= 15 is 0 Å². The molecule has 0 aromatic carbocycles. The van der Waals surface area contributed by atoms with Crippen molar-refractivity contribution in [1.29, 1.82) is 0 Å². The highest BCUT2D eigenvalue weighted by molar-refractivity contribution is 9.10. The zero-order valence-corrected chi connectivity index (χ0v) is 11.2. The van der Waals surface area contributed by atoms with Gasteiger partial charge in [0.25, 0.3) is 0 Å². The molecule has 0 heterocycles. The third-order valence-electron chi connectivity index (χ3n) is 2.05. The summed E-state index contributed by atoms with van der Waals surface area (Å²) in [7, 11) is 0. The minimum absolute atomic E-state index is 0.00546. The van der Waals surface area contributed by atoms with E-state index in [2.05, 4.69) is 21.2 Å². The first kappa shape index (κ1) is 14.3. The molecule has 0 aromatic heterocycles. The number of aliphatic hydroxyl groups excluding tert-OH is 1. The Morgan fingerprint density at radius 3 is 2.57 bits per heavy atom. The molecule has 14 heavy (non-hydrogen) atoms. The van der Waals surface area contributed by atoms with Crippen molar-refractivity contribution in [3.63, 3.8) is 0 Å². The van der Waals surface area contributed by atoms with Crippen molar-refractivity contribution in [1.82, 2.24) is 5.32 Å². The number of amides is 1. The highest BCUT2D eigenvalue weighted by Gasteiger charge is 2.20. The van der Waals surface area contributed by atoms with Crippen molar-refractivity contribution in [2.45, 2.75) is 36.4 Å². The summed E-state index contributed by atoms with van der Waals surface area (Å²) in [6.45, 7) is 3.94. The van der Waals surface area contributed by atoms with Gasteiger partial charge in [-0.2, -0.15) is 11.8 Å². The van der Waals surface area contributed by atoms with Crippen molar-refractivity contribution in [3.8, 4) is 0 Å². The number of aliphatic hydroxyl groups is 1. The lowest BCUT2D eigenvalue weighted by Gasteiger charge is -2.22. The number of rotatable bonds is 6. The third-order valence-corrected chi connectivity index (χ3v) is 4.28. The van der Waals surface area contributed by atoms with E-state index in [9.17, 15) is 4.79 Å². The quantitative estimate of drug-likeness (QED) is 0.725. The molecule has 0 bridgehead atoms. The van der Waals surface area contributed by atoms with Gasteiger partial charge in [-0.05, 0) is 19.6 Å². The minimum atomic E-state index is -0.133. The zero-order valence-electron chi connectivity index (χ0n) is 8.79. The fourth-order valence-electron chi connectivity index (χ4n) is 1.03. The van der Waals surface area contributed by atoms with E-state index in [-0.39, 0.29) is 28.6 Å². The monoisotopic (exact) mass is 283 g/mol. The molecule has 2 N–H and O–H groups in total. The molecule has 0 aliphatic heterocycles. The summed E-state index contributed by atoms with van der Waals surface area (Å²) in [5.41, 5.74) is 0. The van der Waals surface area contributed by atoms with Gasteiger partial charge in [0.15, 0.2) is 0 Å². The Bertz CT molecular complexity index is 176. The van der Waals surface area contributed by atoms with Gasteiger partial charge in [0.1, 0.15) is 0 Å². The number of halogens is 1. The first-order valence-electron chi connectivity index (χ1n) is 4.64. The van der Waals surface area contributed by atoms with Gasteiger partial charge in [0.05, 0.1) is 11.4 Å². The molecule has 3 unspecified atom stereocenters. The van der Waals surface area contributed by atoms with Crippen molar-refractivity contribution < 1.29 is 9.90 Å². The van der Waals surface area contributed by atoms with E-state index in [4.69, 9.17) is 5.11 Å². The smallest absolute Gasteiger partial charge is 0.234 e. The van der Waals surface area contributed by atoms with Crippen LogP contribution in [-0.2, 0) is 4.79 Å². The van der Waals surface area contributed by atoms with Crippen LogP contribution in [0.4, 0.5) is 0 Å². The molecule has 0 rings (SSSR count). The van der Waals surface area contributed by atoms with Gasteiger partial charge >= 0.3 is 0 Å². The van der Waals surface area contributed by atoms with Gasteiger partial charge in [-0.3, -0.25) is 4.79 Å². The summed E-state index contributed by atoms with van der Waals surface area (Å²) in [5, 5.41) is 12.0. The van der Waals surface area contributed by atoms with E-state index in [1.165, 1.54) is 0 Å². The zero-order chi connectivity index (χ0) is 11.1. The normalized spacial score (nSPS) is 17.2. The van der Waals surface area contributed by atoms with Gasteiger partial charge in [-0.25, -0.2) is 0 Å². The molecule has 1 amide bonds. The maximum absolute atomic E-state index is 11.5. The number of carbonyl (C=O) groups excluding carboxylic acids is 1. The summed E-state index contributed by atoms with van der Waals surface area (Å²) in [6, 6.07) is -0.00546. The van der Waals surface area contributed by atoms with Crippen molar-refractivity contribution >= 4 is 33.6 Å². The summed E-state index contributed by atoms with van der Waals surface area (Å²) < 4.78 is 0. The van der Waals surface area contributed by atoms with Crippen LogP contribution in [-0.4, -0.2) is 40.0 Å². The Hall–Kier alpha value is 0.260. The lowest BCUT2D eigenvalue weighted by Crippen LogP contribution is -2.44. The number of hydrogen-bond donors (Lipinski definition) is 2. The number of alkyl halides is 1. The highest BCUT2D eigenvalue weighted by Crippen LogP contribution is 2.11. The molecule has 5 heteroatoms. The van der Waals surface area contributed by atoms with Crippen LogP contribution in [0.2, 0.25) is 0 Å². The molecule has 0 fully saturated rings. The largest absolute Gasteiger partial charge is 0.395 e. The van der Waals surface area contributed by atoms with Crippen molar-refractivity contribution in [2.75, 3.05) is 12.9 Å². The first-order valence-corrected chi connectivity index (χ1v) is 6.85. The average Bonchev–Trinajstić information content (AvgIpc) is 2.18. The molecule has 0 aliphatic carbocycles. The van der Waals surface area contributed by atoms with E-state index in [0.717, 1.165) is 6.42 Å². The second-order valence-corrected chi connectivity index (χ2v) is 5.31.